The average Bonchev–Trinajstić information content (AvgIpc) is 2.54. The molecule has 2 amide bonds. The predicted octanol–water partition coefficient (Wildman–Crippen LogP) is 3.71. The van der Waals surface area contributed by atoms with E-state index in [1.54, 1.807) is 7.05 Å². The van der Waals surface area contributed by atoms with E-state index < -0.39 is 0 Å². The van der Waals surface area contributed by atoms with Gasteiger partial charge in [-0.15, -0.1) is 0 Å². The zero-order chi connectivity index (χ0) is 17.7. The van der Waals surface area contributed by atoms with Gasteiger partial charge in [0, 0.05) is 17.2 Å². The minimum Gasteiger partial charge on any atom is -0.336 e. The third-order valence-electron chi connectivity index (χ3n) is 3.95. The van der Waals surface area contributed by atoms with Crippen molar-refractivity contribution in [3.63, 3.8) is 0 Å². The molecule has 0 aliphatic heterocycles. The Balaban J connectivity index is 1.92. The predicted molar refractivity (Wildman–Crippen MR) is 100 cm³/mol. The van der Waals surface area contributed by atoms with Crippen LogP contribution < -0.4 is 5.32 Å². The van der Waals surface area contributed by atoms with E-state index >= 15 is 0 Å². The third-order valence-corrected chi connectivity index (χ3v) is 4.48. The number of carbonyl (C=O) groups excluding carboxylic acids is 2. The second-order valence-corrected chi connectivity index (χ2v) is 6.76. The Morgan fingerprint density at radius 1 is 1.08 bits per heavy atom. The Hall–Kier alpha value is -2.14. The summed E-state index contributed by atoms with van der Waals surface area (Å²) >= 11 is 3.37. The molecule has 2 aromatic rings. The zero-order valence-electron chi connectivity index (χ0n) is 14.1. The van der Waals surface area contributed by atoms with Crippen molar-refractivity contribution in [3.05, 3.63) is 63.6 Å². The third kappa shape index (κ3) is 4.93. The van der Waals surface area contributed by atoms with E-state index in [1.165, 1.54) is 4.90 Å². The summed E-state index contributed by atoms with van der Waals surface area (Å²) in [5, 5.41) is 2.87. The van der Waals surface area contributed by atoms with Crippen LogP contribution in [0.25, 0.3) is 0 Å². The maximum Gasteiger partial charge on any atom is 0.243 e. The smallest absolute Gasteiger partial charge is 0.243 e. The van der Waals surface area contributed by atoms with Crippen molar-refractivity contribution < 1.29 is 9.59 Å². The summed E-state index contributed by atoms with van der Waals surface area (Å²) in [4.78, 5) is 25.9. The van der Waals surface area contributed by atoms with Crippen molar-refractivity contribution in [3.8, 4) is 0 Å². The van der Waals surface area contributed by atoms with Gasteiger partial charge >= 0.3 is 0 Å². The molecular formula is C19H21BrN2O2. The maximum atomic E-state index is 12.2. The largest absolute Gasteiger partial charge is 0.336 e. The lowest BCUT2D eigenvalue weighted by atomic mass is 10.1. The van der Waals surface area contributed by atoms with Gasteiger partial charge in [-0.05, 0) is 48.7 Å². The van der Waals surface area contributed by atoms with Crippen molar-refractivity contribution in [2.75, 3.05) is 18.9 Å². The molecule has 2 rings (SSSR count). The Morgan fingerprint density at radius 3 is 2.42 bits per heavy atom. The van der Waals surface area contributed by atoms with E-state index in [0.29, 0.717) is 0 Å². The van der Waals surface area contributed by atoms with Gasteiger partial charge in [0.05, 0.1) is 13.0 Å². The first-order valence-corrected chi connectivity index (χ1v) is 8.50. The van der Waals surface area contributed by atoms with Crippen LogP contribution in [0.3, 0.4) is 0 Å². The van der Waals surface area contributed by atoms with E-state index in [-0.39, 0.29) is 24.8 Å². The highest BCUT2D eigenvalue weighted by Gasteiger charge is 2.14. The van der Waals surface area contributed by atoms with Gasteiger partial charge in [-0.25, -0.2) is 0 Å². The number of amides is 2. The molecule has 126 valence electrons. The molecule has 0 radical (unpaired) electrons. The number of hydrogen-bond donors (Lipinski definition) is 1. The van der Waals surface area contributed by atoms with Crippen LogP contribution >= 0.6 is 15.9 Å². The number of likely N-dealkylation sites (N-methyl/N-ethyl adjacent to an activating group) is 1. The molecule has 1 N–H and O–H groups in total. The van der Waals surface area contributed by atoms with Gasteiger partial charge in [0.25, 0.3) is 0 Å². The topological polar surface area (TPSA) is 49.4 Å². The van der Waals surface area contributed by atoms with Gasteiger partial charge in [0.2, 0.25) is 11.8 Å². The van der Waals surface area contributed by atoms with E-state index in [1.807, 2.05) is 56.3 Å². The van der Waals surface area contributed by atoms with Gasteiger partial charge in [-0.2, -0.15) is 0 Å². The highest BCUT2D eigenvalue weighted by atomic mass is 79.9. The summed E-state index contributed by atoms with van der Waals surface area (Å²) < 4.78 is 0.972. The van der Waals surface area contributed by atoms with Gasteiger partial charge in [-0.3, -0.25) is 9.59 Å². The molecule has 0 heterocycles. The van der Waals surface area contributed by atoms with Crippen LogP contribution in [0.5, 0.6) is 0 Å². The molecule has 5 heteroatoms. The lowest BCUT2D eigenvalue weighted by molar-refractivity contribution is -0.132. The number of hydrogen-bond acceptors (Lipinski definition) is 2. The van der Waals surface area contributed by atoms with Crippen molar-refractivity contribution in [1.29, 1.82) is 0 Å². The van der Waals surface area contributed by atoms with Crippen molar-refractivity contribution >= 4 is 33.4 Å². The molecule has 0 aliphatic rings. The summed E-state index contributed by atoms with van der Waals surface area (Å²) in [6, 6.07) is 13.4. The first-order chi connectivity index (χ1) is 11.4. The first kappa shape index (κ1) is 18.2. The van der Waals surface area contributed by atoms with Crippen LogP contribution in [0.2, 0.25) is 0 Å². The quantitative estimate of drug-likeness (QED) is 0.848. The molecule has 0 saturated carbocycles. The molecule has 4 nitrogen and oxygen atoms in total. The van der Waals surface area contributed by atoms with Crippen LogP contribution in [0.4, 0.5) is 5.69 Å². The summed E-state index contributed by atoms with van der Waals surface area (Å²) in [6.45, 7) is 3.99. The zero-order valence-corrected chi connectivity index (χ0v) is 15.7. The molecule has 24 heavy (non-hydrogen) atoms. The Bertz CT molecular complexity index is 742. The molecule has 0 saturated heterocycles. The van der Waals surface area contributed by atoms with Crippen molar-refractivity contribution in [2.45, 2.75) is 20.3 Å². The van der Waals surface area contributed by atoms with E-state index in [9.17, 15) is 9.59 Å². The number of anilines is 1. The lowest BCUT2D eigenvalue weighted by Crippen LogP contribution is -2.35. The van der Waals surface area contributed by atoms with Crippen LogP contribution in [-0.2, 0) is 16.0 Å². The first-order valence-electron chi connectivity index (χ1n) is 7.71. The Kier molecular flexibility index (Phi) is 6.15. The Morgan fingerprint density at radius 2 is 1.75 bits per heavy atom. The summed E-state index contributed by atoms with van der Waals surface area (Å²) in [5.41, 5.74) is 3.86. The maximum absolute atomic E-state index is 12.2. The molecule has 0 aromatic heterocycles. The number of halogens is 1. The number of aryl methyl sites for hydroxylation is 1. The van der Waals surface area contributed by atoms with Crippen molar-refractivity contribution in [2.24, 2.45) is 0 Å². The average molecular weight is 389 g/mol. The van der Waals surface area contributed by atoms with Gasteiger partial charge in [-0.1, -0.05) is 40.2 Å². The highest BCUT2D eigenvalue weighted by Crippen LogP contribution is 2.18. The molecule has 2 aromatic carbocycles. The van der Waals surface area contributed by atoms with Gasteiger partial charge < -0.3 is 10.2 Å². The summed E-state index contributed by atoms with van der Waals surface area (Å²) in [6.07, 6.45) is 0.278. The number of nitrogens with zero attached hydrogens (tertiary/aromatic N) is 1. The summed E-state index contributed by atoms with van der Waals surface area (Å²) in [7, 11) is 1.64. The second-order valence-electron chi connectivity index (χ2n) is 5.85. The normalized spacial score (nSPS) is 10.3. The van der Waals surface area contributed by atoms with Crippen LogP contribution in [0.15, 0.2) is 46.9 Å². The Labute approximate surface area is 151 Å². The molecule has 0 unspecified atom stereocenters. The molecule has 0 fully saturated rings. The number of benzene rings is 2. The molecule has 0 aliphatic carbocycles. The second kappa shape index (κ2) is 8.11. The minimum atomic E-state index is -0.199. The number of rotatable bonds is 5. The summed E-state index contributed by atoms with van der Waals surface area (Å²) in [5.74, 6) is -0.288. The molecular weight excluding hydrogens is 368 g/mol. The van der Waals surface area contributed by atoms with E-state index in [4.69, 9.17) is 0 Å². The van der Waals surface area contributed by atoms with E-state index in [0.717, 1.165) is 26.9 Å². The molecule has 0 atom stereocenters. The van der Waals surface area contributed by atoms with Crippen LogP contribution in [0.1, 0.15) is 16.7 Å². The van der Waals surface area contributed by atoms with Gasteiger partial charge in [0.1, 0.15) is 0 Å². The van der Waals surface area contributed by atoms with Crippen LogP contribution in [0, 0.1) is 13.8 Å². The van der Waals surface area contributed by atoms with Crippen molar-refractivity contribution in [1.82, 2.24) is 4.90 Å². The van der Waals surface area contributed by atoms with Crippen LogP contribution in [-0.4, -0.2) is 30.3 Å². The monoisotopic (exact) mass is 388 g/mol. The minimum absolute atomic E-state index is 0.0305. The standard InChI is InChI=1S/C19H21BrN2O2/c1-13-5-4-6-17(14(13)2)21-18(23)12-22(3)19(24)11-15-7-9-16(20)10-8-15/h4-10H,11-12H2,1-3H3,(H,21,23). The number of nitrogens with one attached hydrogen (secondary N) is 1. The fourth-order valence-corrected chi connectivity index (χ4v) is 2.56. The fourth-order valence-electron chi connectivity index (χ4n) is 2.29. The molecule has 0 bridgehead atoms. The fraction of sp³-hybridized carbons (Fsp3) is 0.263. The van der Waals surface area contributed by atoms with E-state index in [2.05, 4.69) is 21.2 Å². The SMILES string of the molecule is Cc1cccc(NC(=O)CN(C)C(=O)Cc2ccc(Br)cc2)c1C. The number of carbonyl (C=O) groups is 2. The highest BCUT2D eigenvalue weighted by molar-refractivity contribution is 9.10. The lowest BCUT2D eigenvalue weighted by Gasteiger charge is -2.18. The molecule has 0 spiro atoms. The van der Waals surface area contributed by atoms with Gasteiger partial charge in [0.15, 0.2) is 0 Å².